The molecule has 0 atom stereocenters. The molecule has 2 rings (SSSR count). The Morgan fingerprint density at radius 1 is 1.75 bits per heavy atom. The number of carboxylic acid groups (broad SMARTS) is 1. The van der Waals surface area contributed by atoms with Crippen LogP contribution >= 0.6 is 22.9 Å². The first-order valence-electron chi connectivity index (χ1n) is 3.04. The van der Waals surface area contributed by atoms with Crippen LogP contribution in [-0.2, 0) is 0 Å². The number of hydrogen-bond donors (Lipinski definition) is 1. The Kier molecular flexibility index (Phi) is 1.55. The predicted molar refractivity (Wildman–Crippen MR) is 45.0 cm³/mol. The van der Waals surface area contributed by atoms with Crippen molar-refractivity contribution in [3.63, 3.8) is 0 Å². The lowest BCUT2D eigenvalue weighted by atomic mass is 10.5. The van der Waals surface area contributed by atoms with Gasteiger partial charge in [-0.3, -0.25) is 4.40 Å². The van der Waals surface area contributed by atoms with E-state index in [1.165, 1.54) is 15.7 Å². The molecule has 0 fully saturated rings. The number of aromatic nitrogens is 2. The van der Waals surface area contributed by atoms with E-state index in [4.69, 9.17) is 16.7 Å². The van der Waals surface area contributed by atoms with E-state index in [1.54, 1.807) is 11.6 Å². The fourth-order valence-electron chi connectivity index (χ4n) is 0.951. The Morgan fingerprint density at radius 2 is 2.50 bits per heavy atom. The number of nitrogens with zero attached hydrogens (tertiary/aromatic N) is 2. The highest BCUT2D eigenvalue weighted by Gasteiger charge is 2.16. The van der Waals surface area contributed by atoms with Gasteiger partial charge < -0.3 is 5.11 Å². The summed E-state index contributed by atoms with van der Waals surface area (Å²) in [5.41, 5.74) is 0.0212. The van der Waals surface area contributed by atoms with Gasteiger partial charge in [0.1, 0.15) is 0 Å². The van der Waals surface area contributed by atoms with Gasteiger partial charge in [0.15, 0.2) is 15.8 Å². The Balaban J connectivity index is 2.84. The molecule has 0 radical (unpaired) electrons. The van der Waals surface area contributed by atoms with E-state index in [-0.39, 0.29) is 10.8 Å². The normalized spacial score (nSPS) is 10.8. The molecule has 62 valence electrons. The van der Waals surface area contributed by atoms with Gasteiger partial charge in [0.25, 0.3) is 0 Å². The van der Waals surface area contributed by atoms with Crippen LogP contribution in [0, 0.1) is 0 Å². The molecule has 0 saturated carbocycles. The number of carboxylic acids is 1. The number of fused-ring (bicyclic) bond motifs is 1. The molecule has 0 aliphatic rings. The van der Waals surface area contributed by atoms with Gasteiger partial charge in [-0.1, -0.05) is 11.6 Å². The minimum atomic E-state index is -1.06. The summed E-state index contributed by atoms with van der Waals surface area (Å²) in [5.74, 6) is -1.06. The predicted octanol–water partition coefficient (Wildman–Crippen LogP) is 1.75. The quantitative estimate of drug-likeness (QED) is 0.767. The summed E-state index contributed by atoms with van der Waals surface area (Å²) < 4.78 is 1.45. The first-order valence-corrected chi connectivity index (χ1v) is 4.30. The van der Waals surface area contributed by atoms with Gasteiger partial charge in [0.05, 0.1) is 0 Å². The molecule has 2 aromatic rings. The first-order chi connectivity index (χ1) is 5.70. The summed E-state index contributed by atoms with van der Waals surface area (Å²) in [6.45, 7) is 0. The molecule has 0 unspecified atom stereocenters. The molecule has 1 N–H and O–H groups in total. The lowest BCUT2D eigenvalue weighted by Gasteiger charge is -1.89. The van der Waals surface area contributed by atoms with Crippen molar-refractivity contribution in [1.82, 2.24) is 9.38 Å². The third kappa shape index (κ3) is 0.904. The third-order valence-corrected chi connectivity index (χ3v) is 2.44. The largest absolute Gasteiger partial charge is 0.476 e. The zero-order valence-electron chi connectivity index (χ0n) is 5.69. The minimum Gasteiger partial charge on any atom is -0.476 e. The Morgan fingerprint density at radius 3 is 3.17 bits per heavy atom. The standard InChI is InChI=1S/C6H3ClN2O2S/c7-4-3(5(10)11)9-1-2-12-6(9)8-4/h1-2H,(H,10,11). The van der Waals surface area contributed by atoms with E-state index in [2.05, 4.69) is 4.98 Å². The lowest BCUT2D eigenvalue weighted by molar-refractivity contribution is 0.0689. The fourth-order valence-corrected chi connectivity index (χ4v) is 1.97. The van der Waals surface area contributed by atoms with Crippen molar-refractivity contribution in [2.24, 2.45) is 0 Å². The van der Waals surface area contributed by atoms with Crippen LogP contribution < -0.4 is 0 Å². The molecule has 2 aromatic heterocycles. The smallest absolute Gasteiger partial charge is 0.356 e. The van der Waals surface area contributed by atoms with Gasteiger partial charge in [-0.25, -0.2) is 9.78 Å². The zero-order valence-corrected chi connectivity index (χ0v) is 7.26. The van der Waals surface area contributed by atoms with E-state index >= 15 is 0 Å². The highest BCUT2D eigenvalue weighted by atomic mass is 35.5. The van der Waals surface area contributed by atoms with Crippen molar-refractivity contribution < 1.29 is 9.90 Å². The first kappa shape index (κ1) is 7.57. The molecule has 0 aliphatic heterocycles. The van der Waals surface area contributed by atoms with Gasteiger partial charge in [0, 0.05) is 11.6 Å². The number of aromatic carboxylic acids is 1. The fraction of sp³-hybridized carbons (Fsp3) is 0. The van der Waals surface area contributed by atoms with Crippen LogP contribution in [-0.4, -0.2) is 20.5 Å². The van der Waals surface area contributed by atoms with Crippen molar-refractivity contribution in [2.45, 2.75) is 0 Å². The van der Waals surface area contributed by atoms with Crippen LogP contribution in [0.15, 0.2) is 11.6 Å². The monoisotopic (exact) mass is 202 g/mol. The van der Waals surface area contributed by atoms with Crippen LogP contribution in [0.2, 0.25) is 5.15 Å². The molecule has 0 bridgehead atoms. The molecular formula is C6H3ClN2O2S. The number of halogens is 1. The molecule has 6 heteroatoms. The molecule has 4 nitrogen and oxygen atoms in total. The Hall–Kier alpha value is -1.07. The van der Waals surface area contributed by atoms with Gasteiger partial charge in [-0.05, 0) is 0 Å². The zero-order chi connectivity index (χ0) is 8.72. The van der Waals surface area contributed by atoms with Crippen LogP contribution in [0.4, 0.5) is 0 Å². The topological polar surface area (TPSA) is 54.6 Å². The maximum absolute atomic E-state index is 10.7. The van der Waals surface area contributed by atoms with Gasteiger partial charge in [0.2, 0.25) is 0 Å². The summed E-state index contributed by atoms with van der Waals surface area (Å²) in [6.07, 6.45) is 1.63. The SMILES string of the molecule is O=C(O)c1c(Cl)nc2sccn12. The van der Waals surface area contributed by atoms with E-state index in [9.17, 15) is 4.79 Å². The van der Waals surface area contributed by atoms with Crippen molar-refractivity contribution in [2.75, 3.05) is 0 Å². The van der Waals surface area contributed by atoms with E-state index in [0.717, 1.165) is 0 Å². The minimum absolute atomic E-state index is 0.0212. The van der Waals surface area contributed by atoms with Crippen LogP contribution in [0.1, 0.15) is 10.5 Å². The maximum atomic E-state index is 10.7. The molecule has 2 heterocycles. The number of hydrogen-bond acceptors (Lipinski definition) is 3. The third-order valence-electron chi connectivity index (χ3n) is 1.42. The van der Waals surface area contributed by atoms with E-state index in [0.29, 0.717) is 4.96 Å². The van der Waals surface area contributed by atoms with Gasteiger partial charge in [-0.15, -0.1) is 11.3 Å². The second-order valence-electron chi connectivity index (χ2n) is 2.11. The lowest BCUT2D eigenvalue weighted by Crippen LogP contribution is -2.00. The maximum Gasteiger partial charge on any atom is 0.356 e. The Labute approximate surface area is 76.0 Å². The number of rotatable bonds is 1. The average molecular weight is 203 g/mol. The summed E-state index contributed by atoms with van der Waals surface area (Å²) in [7, 11) is 0. The van der Waals surface area contributed by atoms with Crippen LogP contribution in [0.5, 0.6) is 0 Å². The van der Waals surface area contributed by atoms with Crippen molar-refractivity contribution in [3.05, 3.63) is 22.4 Å². The number of imidazole rings is 1. The summed E-state index contributed by atoms with van der Waals surface area (Å²) >= 11 is 6.94. The molecule has 0 saturated heterocycles. The highest BCUT2D eigenvalue weighted by Crippen LogP contribution is 2.20. The Bertz CT molecular complexity index is 447. The van der Waals surface area contributed by atoms with Gasteiger partial charge in [-0.2, -0.15) is 0 Å². The second kappa shape index (κ2) is 2.46. The van der Waals surface area contributed by atoms with E-state index in [1.807, 2.05) is 0 Å². The number of carbonyl (C=O) groups is 1. The molecule has 0 aromatic carbocycles. The number of thiazole rings is 1. The summed E-state index contributed by atoms with van der Waals surface area (Å²) in [6, 6.07) is 0. The molecule has 0 spiro atoms. The molecule has 0 amide bonds. The van der Waals surface area contributed by atoms with Crippen LogP contribution in [0.25, 0.3) is 4.96 Å². The van der Waals surface area contributed by atoms with Crippen molar-refractivity contribution >= 4 is 33.9 Å². The van der Waals surface area contributed by atoms with Gasteiger partial charge >= 0.3 is 5.97 Å². The van der Waals surface area contributed by atoms with E-state index < -0.39 is 5.97 Å². The second-order valence-corrected chi connectivity index (χ2v) is 3.34. The molecular weight excluding hydrogens is 200 g/mol. The van der Waals surface area contributed by atoms with Crippen LogP contribution in [0.3, 0.4) is 0 Å². The average Bonchev–Trinajstić information content (AvgIpc) is 2.44. The molecule has 12 heavy (non-hydrogen) atoms. The molecule has 0 aliphatic carbocycles. The van der Waals surface area contributed by atoms with Crippen molar-refractivity contribution in [1.29, 1.82) is 0 Å². The summed E-state index contributed by atoms with van der Waals surface area (Å²) in [4.78, 5) is 15.1. The summed E-state index contributed by atoms with van der Waals surface area (Å²) in [5, 5.41) is 10.5. The van der Waals surface area contributed by atoms with Crippen molar-refractivity contribution in [3.8, 4) is 0 Å². The highest BCUT2D eigenvalue weighted by molar-refractivity contribution is 7.15.